The molecule has 0 aliphatic carbocycles. The molecule has 0 N–H and O–H groups in total. The Labute approximate surface area is 118 Å². The van der Waals surface area contributed by atoms with E-state index in [1.54, 1.807) is 19.2 Å². The second-order valence-corrected chi connectivity index (χ2v) is 5.00. The highest BCUT2D eigenvalue weighted by Crippen LogP contribution is 2.16. The van der Waals surface area contributed by atoms with Gasteiger partial charge < -0.3 is 9.64 Å². The van der Waals surface area contributed by atoms with Gasteiger partial charge in [0.2, 0.25) is 0 Å². The van der Waals surface area contributed by atoms with Crippen molar-refractivity contribution in [3.63, 3.8) is 0 Å². The number of rotatable bonds is 3. The van der Waals surface area contributed by atoms with Gasteiger partial charge in [-0.15, -0.1) is 0 Å². The monoisotopic (exact) mass is 280 g/mol. The predicted octanol–water partition coefficient (Wildman–Crippen LogP) is 2.46. The summed E-state index contributed by atoms with van der Waals surface area (Å²) < 4.78 is 5.10. The van der Waals surface area contributed by atoms with E-state index in [2.05, 4.69) is 11.1 Å². The molecule has 1 aliphatic rings. The van der Waals surface area contributed by atoms with Gasteiger partial charge in [-0.2, -0.15) is 0 Å². The van der Waals surface area contributed by atoms with Crippen molar-refractivity contribution >= 4 is 17.5 Å². The normalized spacial score (nSPS) is 15.3. The van der Waals surface area contributed by atoms with Gasteiger partial charge in [0.05, 0.1) is 6.61 Å². The van der Waals surface area contributed by atoms with Crippen LogP contribution < -0.4 is 0 Å². The highest BCUT2D eigenvalue weighted by atomic mass is 35.5. The number of methoxy groups -OCH3 is 1. The molecule has 2 rings (SSSR count). The number of ether oxygens (including phenoxy) is 1. The van der Waals surface area contributed by atoms with Crippen LogP contribution in [0.15, 0.2) is 23.8 Å². The summed E-state index contributed by atoms with van der Waals surface area (Å²) in [6.07, 6.45) is 2.91. The number of halogens is 1. The number of hydrogen-bond acceptors (Lipinski definition) is 3. The van der Waals surface area contributed by atoms with Crippen molar-refractivity contribution in [2.45, 2.75) is 13.3 Å². The Morgan fingerprint density at radius 1 is 1.53 bits per heavy atom. The first-order chi connectivity index (χ1) is 9.10. The zero-order valence-corrected chi connectivity index (χ0v) is 11.9. The third-order valence-electron chi connectivity index (χ3n) is 3.09. The number of carbonyl (C=O) groups excluding carboxylic acids is 1. The van der Waals surface area contributed by atoms with Gasteiger partial charge in [-0.05, 0) is 31.1 Å². The summed E-state index contributed by atoms with van der Waals surface area (Å²) in [4.78, 5) is 18.2. The zero-order chi connectivity index (χ0) is 13.8. The first-order valence-electron chi connectivity index (χ1n) is 6.20. The number of aromatic nitrogens is 1. The SMILES string of the molecule is COCC1=CCN(C(=O)c2cc(C)nc(Cl)c2)CC1. The molecule has 0 radical (unpaired) electrons. The molecule has 0 fully saturated rings. The average Bonchev–Trinajstić information content (AvgIpc) is 2.38. The molecule has 4 nitrogen and oxygen atoms in total. The zero-order valence-electron chi connectivity index (χ0n) is 11.1. The number of pyridine rings is 1. The molecule has 1 aromatic heterocycles. The molecule has 0 unspecified atom stereocenters. The van der Waals surface area contributed by atoms with Crippen LogP contribution in [0.4, 0.5) is 0 Å². The maximum absolute atomic E-state index is 12.3. The van der Waals surface area contributed by atoms with Crippen LogP contribution in [0.2, 0.25) is 5.15 Å². The van der Waals surface area contributed by atoms with Gasteiger partial charge in [0, 0.05) is 31.5 Å². The molecular weight excluding hydrogens is 264 g/mol. The molecule has 1 aliphatic heterocycles. The Balaban J connectivity index is 2.09. The Kier molecular flexibility index (Phi) is 4.56. The average molecular weight is 281 g/mol. The van der Waals surface area contributed by atoms with Crippen molar-refractivity contribution in [2.75, 3.05) is 26.8 Å². The van der Waals surface area contributed by atoms with E-state index in [4.69, 9.17) is 16.3 Å². The van der Waals surface area contributed by atoms with E-state index in [-0.39, 0.29) is 5.91 Å². The van der Waals surface area contributed by atoms with Gasteiger partial charge in [0.1, 0.15) is 5.15 Å². The van der Waals surface area contributed by atoms with Gasteiger partial charge in [0.25, 0.3) is 5.91 Å². The molecule has 0 spiro atoms. The van der Waals surface area contributed by atoms with Crippen molar-refractivity contribution in [3.05, 3.63) is 40.2 Å². The molecule has 0 atom stereocenters. The smallest absolute Gasteiger partial charge is 0.254 e. The summed E-state index contributed by atoms with van der Waals surface area (Å²) in [5.74, 6) is 0.000108. The van der Waals surface area contributed by atoms with Gasteiger partial charge in [-0.3, -0.25) is 4.79 Å². The molecule has 1 amide bonds. The second-order valence-electron chi connectivity index (χ2n) is 4.62. The number of aryl methyl sites for hydroxylation is 1. The topological polar surface area (TPSA) is 42.4 Å². The van der Waals surface area contributed by atoms with Gasteiger partial charge in [-0.1, -0.05) is 17.7 Å². The minimum atomic E-state index is 0.000108. The summed E-state index contributed by atoms with van der Waals surface area (Å²) >= 11 is 5.89. The summed E-state index contributed by atoms with van der Waals surface area (Å²) in [5.41, 5.74) is 2.60. The Bertz CT molecular complexity index is 494. The van der Waals surface area contributed by atoms with Crippen molar-refractivity contribution in [3.8, 4) is 0 Å². The van der Waals surface area contributed by atoms with Crippen molar-refractivity contribution in [1.29, 1.82) is 0 Å². The van der Waals surface area contributed by atoms with Crippen LogP contribution in [0, 0.1) is 6.92 Å². The van der Waals surface area contributed by atoms with Crippen LogP contribution in [0.5, 0.6) is 0 Å². The third-order valence-corrected chi connectivity index (χ3v) is 3.28. The highest BCUT2D eigenvalue weighted by molar-refractivity contribution is 6.29. The lowest BCUT2D eigenvalue weighted by molar-refractivity contribution is 0.0764. The van der Waals surface area contributed by atoms with Crippen molar-refractivity contribution < 1.29 is 9.53 Å². The van der Waals surface area contributed by atoms with Crippen LogP contribution >= 0.6 is 11.6 Å². The van der Waals surface area contributed by atoms with E-state index in [9.17, 15) is 4.79 Å². The summed E-state index contributed by atoms with van der Waals surface area (Å²) in [6, 6.07) is 3.38. The molecule has 5 heteroatoms. The standard InChI is InChI=1S/C14H17ClN2O2/c1-10-7-12(8-13(15)16-10)14(18)17-5-3-11(4-6-17)9-19-2/h3,7-8H,4-6,9H2,1-2H3. The summed E-state index contributed by atoms with van der Waals surface area (Å²) in [5, 5.41) is 0.357. The molecule has 0 aromatic carbocycles. The van der Waals surface area contributed by atoms with Gasteiger partial charge in [0.15, 0.2) is 0 Å². The first-order valence-corrected chi connectivity index (χ1v) is 6.58. The van der Waals surface area contributed by atoms with Gasteiger partial charge >= 0.3 is 0 Å². The van der Waals surface area contributed by atoms with Crippen LogP contribution in [0.25, 0.3) is 0 Å². The fraction of sp³-hybridized carbons (Fsp3) is 0.429. The van der Waals surface area contributed by atoms with E-state index < -0.39 is 0 Å². The lowest BCUT2D eigenvalue weighted by Crippen LogP contribution is -2.35. The van der Waals surface area contributed by atoms with Crippen LogP contribution in [-0.4, -0.2) is 42.6 Å². The van der Waals surface area contributed by atoms with Crippen molar-refractivity contribution in [1.82, 2.24) is 9.88 Å². The van der Waals surface area contributed by atoms with E-state index in [0.29, 0.717) is 30.4 Å². The van der Waals surface area contributed by atoms with E-state index in [1.165, 1.54) is 5.57 Å². The molecule has 1 aromatic rings. The maximum Gasteiger partial charge on any atom is 0.254 e. The Morgan fingerprint density at radius 3 is 2.89 bits per heavy atom. The quantitative estimate of drug-likeness (QED) is 0.631. The molecule has 0 saturated carbocycles. The van der Waals surface area contributed by atoms with Crippen LogP contribution in [0.1, 0.15) is 22.5 Å². The Morgan fingerprint density at radius 2 is 2.32 bits per heavy atom. The lowest BCUT2D eigenvalue weighted by atomic mass is 10.1. The molecule has 2 heterocycles. The number of nitrogens with zero attached hydrogens (tertiary/aromatic N) is 2. The lowest BCUT2D eigenvalue weighted by Gasteiger charge is -2.26. The van der Waals surface area contributed by atoms with Crippen molar-refractivity contribution in [2.24, 2.45) is 0 Å². The number of carbonyl (C=O) groups is 1. The van der Waals surface area contributed by atoms with Gasteiger partial charge in [-0.25, -0.2) is 4.98 Å². The predicted molar refractivity (Wildman–Crippen MR) is 74.5 cm³/mol. The minimum absolute atomic E-state index is 0.000108. The minimum Gasteiger partial charge on any atom is -0.380 e. The first kappa shape index (κ1) is 14.0. The van der Waals surface area contributed by atoms with E-state index in [1.807, 2.05) is 11.8 Å². The third kappa shape index (κ3) is 3.55. The second kappa shape index (κ2) is 6.17. The summed E-state index contributed by atoms with van der Waals surface area (Å²) in [7, 11) is 1.68. The molecule has 0 saturated heterocycles. The van der Waals surface area contributed by atoms with Crippen LogP contribution in [-0.2, 0) is 4.74 Å². The maximum atomic E-state index is 12.3. The molecule has 0 bridgehead atoms. The summed E-state index contributed by atoms with van der Waals surface area (Å²) in [6.45, 7) is 3.81. The van der Waals surface area contributed by atoms with E-state index >= 15 is 0 Å². The fourth-order valence-corrected chi connectivity index (χ4v) is 2.40. The van der Waals surface area contributed by atoms with Crippen LogP contribution in [0.3, 0.4) is 0 Å². The highest BCUT2D eigenvalue weighted by Gasteiger charge is 2.19. The fourth-order valence-electron chi connectivity index (χ4n) is 2.15. The van der Waals surface area contributed by atoms with E-state index in [0.717, 1.165) is 12.1 Å². The number of hydrogen-bond donors (Lipinski definition) is 0. The number of amides is 1. The molecular formula is C14H17ClN2O2. The molecule has 19 heavy (non-hydrogen) atoms. The molecule has 102 valence electrons. The largest absolute Gasteiger partial charge is 0.380 e. The Hall–Kier alpha value is -1.39.